The van der Waals surface area contributed by atoms with Crippen LogP contribution < -0.4 is 10.6 Å². The first-order valence-electron chi connectivity index (χ1n) is 7.10. The van der Waals surface area contributed by atoms with Gasteiger partial charge in [0.15, 0.2) is 0 Å². The van der Waals surface area contributed by atoms with Crippen LogP contribution in [0, 0.1) is 22.5 Å². The number of hydrogen-bond acceptors (Lipinski definition) is 6. The lowest BCUT2D eigenvalue weighted by molar-refractivity contribution is -0.384. The van der Waals surface area contributed by atoms with Gasteiger partial charge in [0.1, 0.15) is 5.69 Å². The molecule has 0 amide bonds. The first-order chi connectivity index (χ1) is 9.99. The van der Waals surface area contributed by atoms with Crippen LogP contribution in [0.25, 0.3) is 0 Å². The van der Waals surface area contributed by atoms with Gasteiger partial charge in [-0.15, -0.1) is 0 Å². The van der Waals surface area contributed by atoms with Crippen molar-refractivity contribution < 1.29 is 9.66 Å². The van der Waals surface area contributed by atoms with E-state index in [0.29, 0.717) is 24.7 Å². The van der Waals surface area contributed by atoms with Gasteiger partial charge < -0.3 is 15.4 Å². The lowest BCUT2D eigenvalue weighted by atomic mass is 9.79. The van der Waals surface area contributed by atoms with E-state index in [1.165, 1.54) is 4.68 Å². The second kappa shape index (κ2) is 6.40. The third-order valence-electron chi connectivity index (χ3n) is 4.12. The van der Waals surface area contributed by atoms with Crippen LogP contribution in [0.1, 0.15) is 18.5 Å². The molecule has 1 aliphatic heterocycles. The molecule has 118 valence electrons. The van der Waals surface area contributed by atoms with E-state index in [9.17, 15) is 10.1 Å². The van der Waals surface area contributed by atoms with E-state index in [0.717, 1.165) is 25.9 Å². The molecule has 0 bridgehead atoms. The fraction of sp³-hybridized carbons (Fsp3) is 0.769. The summed E-state index contributed by atoms with van der Waals surface area (Å²) in [7, 11) is 3.41. The van der Waals surface area contributed by atoms with Crippen molar-refractivity contribution in [3.63, 3.8) is 0 Å². The predicted octanol–water partition coefficient (Wildman–Crippen LogP) is 1.06. The van der Waals surface area contributed by atoms with Gasteiger partial charge in [0.05, 0.1) is 11.5 Å². The summed E-state index contributed by atoms with van der Waals surface area (Å²) in [6, 6.07) is 0. The molecule has 0 saturated carbocycles. The molecule has 1 aromatic heterocycles. The van der Waals surface area contributed by atoms with E-state index in [2.05, 4.69) is 15.7 Å². The highest BCUT2D eigenvalue weighted by Crippen LogP contribution is 2.32. The molecule has 2 N–H and O–H groups in total. The Hall–Kier alpha value is -1.67. The number of methoxy groups -OCH3 is 1. The fourth-order valence-corrected chi connectivity index (χ4v) is 2.97. The molecule has 0 aliphatic carbocycles. The quantitative estimate of drug-likeness (QED) is 0.602. The van der Waals surface area contributed by atoms with E-state index in [-0.39, 0.29) is 16.0 Å². The molecule has 0 atom stereocenters. The number of hydrogen-bond donors (Lipinski definition) is 2. The smallest absolute Gasteiger partial charge is 0.333 e. The maximum absolute atomic E-state index is 11.2. The number of aromatic nitrogens is 2. The fourth-order valence-electron chi connectivity index (χ4n) is 2.97. The highest BCUT2D eigenvalue weighted by molar-refractivity contribution is 5.59. The minimum atomic E-state index is -0.379. The van der Waals surface area contributed by atoms with Crippen LogP contribution in [0.3, 0.4) is 0 Å². The van der Waals surface area contributed by atoms with Crippen molar-refractivity contribution in [2.75, 3.05) is 38.7 Å². The number of nitro groups is 1. The van der Waals surface area contributed by atoms with Crippen LogP contribution in [-0.2, 0) is 11.8 Å². The van der Waals surface area contributed by atoms with Gasteiger partial charge in [-0.05, 0) is 32.9 Å². The summed E-state index contributed by atoms with van der Waals surface area (Å²) in [4.78, 5) is 10.8. The summed E-state index contributed by atoms with van der Waals surface area (Å²) in [5.41, 5.74) is 0.488. The van der Waals surface area contributed by atoms with E-state index >= 15 is 0 Å². The van der Waals surface area contributed by atoms with Crippen molar-refractivity contribution in [3.8, 4) is 0 Å². The van der Waals surface area contributed by atoms with Crippen LogP contribution in [0.5, 0.6) is 0 Å². The SMILES string of the molecule is COCC1(CNc2c([N+](=O)[O-])c(C)nn2C)CCNCC1. The van der Waals surface area contributed by atoms with Gasteiger partial charge in [-0.2, -0.15) is 5.10 Å². The Morgan fingerprint density at radius 3 is 2.76 bits per heavy atom. The van der Waals surface area contributed by atoms with Gasteiger partial charge in [-0.3, -0.25) is 10.1 Å². The summed E-state index contributed by atoms with van der Waals surface area (Å²) in [6.45, 7) is 4.82. The summed E-state index contributed by atoms with van der Waals surface area (Å²) in [6.07, 6.45) is 1.97. The van der Waals surface area contributed by atoms with Crippen molar-refractivity contribution in [2.24, 2.45) is 12.5 Å². The molecule has 1 aliphatic rings. The van der Waals surface area contributed by atoms with Gasteiger partial charge in [0.2, 0.25) is 5.82 Å². The minimum Gasteiger partial charge on any atom is -0.384 e. The van der Waals surface area contributed by atoms with Crippen LogP contribution in [0.2, 0.25) is 0 Å². The number of aryl methyl sites for hydroxylation is 2. The zero-order valence-electron chi connectivity index (χ0n) is 12.8. The zero-order chi connectivity index (χ0) is 15.5. The predicted molar refractivity (Wildman–Crippen MR) is 79.5 cm³/mol. The van der Waals surface area contributed by atoms with Gasteiger partial charge in [-0.25, -0.2) is 4.68 Å². The number of anilines is 1. The van der Waals surface area contributed by atoms with E-state index < -0.39 is 0 Å². The maximum Gasteiger partial charge on any atom is 0.333 e. The molecule has 0 unspecified atom stereocenters. The summed E-state index contributed by atoms with van der Waals surface area (Å²) in [5.74, 6) is 0.464. The summed E-state index contributed by atoms with van der Waals surface area (Å²) >= 11 is 0. The molecule has 1 saturated heterocycles. The monoisotopic (exact) mass is 297 g/mol. The zero-order valence-corrected chi connectivity index (χ0v) is 12.8. The topological polar surface area (TPSA) is 94.2 Å². The number of piperidine rings is 1. The van der Waals surface area contributed by atoms with Crippen molar-refractivity contribution in [1.29, 1.82) is 0 Å². The van der Waals surface area contributed by atoms with Gasteiger partial charge in [0.25, 0.3) is 0 Å². The Balaban J connectivity index is 2.16. The normalized spacial score (nSPS) is 17.7. The van der Waals surface area contributed by atoms with Crippen molar-refractivity contribution >= 4 is 11.5 Å². The molecule has 1 fully saturated rings. The third kappa shape index (κ3) is 3.33. The molecule has 2 rings (SSSR count). The first kappa shape index (κ1) is 15.7. The molecule has 21 heavy (non-hydrogen) atoms. The Morgan fingerprint density at radius 2 is 2.19 bits per heavy atom. The van der Waals surface area contributed by atoms with Crippen molar-refractivity contribution in [2.45, 2.75) is 19.8 Å². The van der Waals surface area contributed by atoms with Gasteiger partial charge >= 0.3 is 5.69 Å². The van der Waals surface area contributed by atoms with Gasteiger partial charge in [-0.1, -0.05) is 0 Å². The molecule has 8 heteroatoms. The standard InChI is InChI=1S/C13H23N5O3/c1-10-11(18(19)20)12(17(2)16-10)15-8-13(9-21-3)4-6-14-7-5-13/h14-15H,4-9H2,1-3H3. The third-order valence-corrected chi connectivity index (χ3v) is 4.12. The second-order valence-electron chi connectivity index (χ2n) is 5.70. The lowest BCUT2D eigenvalue weighted by Crippen LogP contribution is -2.44. The van der Waals surface area contributed by atoms with E-state index in [1.54, 1.807) is 21.1 Å². The largest absolute Gasteiger partial charge is 0.384 e. The van der Waals surface area contributed by atoms with Crippen molar-refractivity contribution in [1.82, 2.24) is 15.1 Å². The average Bonchev–Trinajstić information content (AvgIpc) is 2.72. The molecular formula is C13H23N5O3. The first-order valence-corrected chi connectivity index (χ1v) is 7.10. The molecule has 8 nitrogen and oxygen atoms in total. The molecular weight excluding hydrogens is 274 g/mol. The van der Waals surface area contributed by atoms with Crippen LogP contribution in [-0.4, -0.2) is 48.1 Å². The number of ether oxygens (including phenoxy) is 1. The van der Waals surface area contributed by atoms with E-state index in [4.69, 9.17) is 4.74 Å². The maximum atomic E-state index is 11.2. The Kier molecular flexibility index (Phi) is 4.79. The molecule has 0 radical (unpaired) electrons. The number of rotatable bonds is 6. The van der Waals surface area contributed by atoms with Crippen molar-refractivity contribution in [3.05, 3.63) is 15.8 Å². The second-order valence-corrected chi connectivity index (χ2v) is 5.70. The Morgan fingerprint density at radius 1 is 1.52 bits per heavy atom. The average molecular weight is 297 g/mol. The van der Waals surface area contributed by atoms with E-state index in [1.807, 2.05) is 0 Å². The molecule has 0 aromatic carbocycles. The Labute approximate surface area is 124 Å². The number of nitrogens with zero attached hydrogens (tertiary/aromatic N) is 3. The highest BCUT2D eigenvalue weighted by atomic mass is 16.6. The molecule has 0 spiro atoms. The molecule has 1 aromatic rings. The lowest BCUT2D eigenvalue weighted by Gasteiger charge is -2.37. The number of nitrogens with one attached hydrogen (secondary N) is 2. The highest BCUT2D eigenvalue weighted by Gasteiger charge is 2.33. The van der Waals surface area contributed by atoms with Crippen LogP contribution in [0.15, 0.2) is 0 Å². The van der Waals surface area contributed by atoms with Crippen LogP contribution in [0.4, 0.5) is 11.5 Å². The Bertz CT molecular complexity index is 503. The summed E-state index contributed by atoms with van der Waals surface area (Å²) < 4.78 is 6.90. The van der Waals surface area contributed by atoms with Crippen LogP contribution >= 0.6 is 0 Å². The minimum absolute atomic E-state index is 0.00600. The summed E-state index contributed by atoms with van der Waals surface area (Å²) in [5, 5.41) is 21.9. The van der Waals surface area contributed by atoms with Gasteiger partial charge in [0, 0.05) is 26.1 Å². The molecule has 2 heterocycles.